The SMILES string of the molecule is C=CCOC(=O)N1C[C@H](C)C[C@H]1C(=O)OC. The van der Waals surface area contributed by atoms with Gasteiger partial charge in [0.05, 0.1) is 7.11 Å². The highest BCUT2D eigenvalue weighted by Gasteiger charge is 2.39. The van der Waals surface area contributed by atoms with Gasteiger partial charge in [-0.25, -0.2) is 9.59 Å². The van der Waals surface area contributed by atoms with E-state index in [0.29, 0.717) is 13.0 Å². The molecule has 1 heterocycles. The first-order valence-electron chi connectivity index (χ1n) is 5.22. The molecule has 1 fully saturated rings. The summed E-state index contributed by atoms with van der Waals surface area (Å²) in [6.45, 7) is 6.11. The number of nitrogens with zero attached hydrogens (tertiary/aromatic N) is 1. The summed E-state index contributed by atoms with van der Waals surface area (Å²) in [5.41, 5.74) is 0. The summed E-state index contributed by atoms with van der Waals surface area (Å²) in [5, 5.41) is 0. The molecule has 1 saturated heterocycles. The molecule has 16 heavy (non-hydrogen) atoms. The molecule has 90 valence electrons. The number of hydrogen-bond acceptors (Lipinski definition) is 4. The van der Waals surface area contributed by atoms with Gasteiger partial charge in [0.2, 0.25) is 0 Å². The molecule has 0 aromatic heterocycles. The Labute approximate surface area is 95.0 Å². The monoisotopic (exact) mass is 227 g/mol. The summed E-state index contributed by atoms with van der Waals surface area (Å²) in [6.07, 6.45) is 1.63. The molecular formula is C11H17NO4. The minimum Gasteiger partial charge on any atom is -0.467 e. The van der Waals surface area contributed by atoms with Gasteiger partial charge in [-0.3, -0.25) is 4.90 Å². The highest BCUT2D eigenvalue weighted by molar-refractivity contribution is 5.82. The van der Waals surface area contributed by atoms with Gasteiger partial charge in [0.1, 0.15) is 12.6 Å². The molecule has 0 N–H and O–H groups in total. The van der Waals surface area contributed by atoms with Crippen LogP contribution in [0.3, 0.4) is 0 Å². The molecule has 0 bridgehead atoms. The fraction of sp³-hybridized carbons (Fsp3) is 0.636. The van der Waals surface area contributed by atoms with E-state index in [1.807, 2.05) is 6.92 Å². The molecule has 1 amide bonds. The summed E-state index contributed by atoms with van der Waals surface area (Å²) in [7, 11) is 1.32. The van der Waals surface area contributed by atoms with Crippen molar-refractivity contribution < 1.29 is 19.1 Å². The maximum absolute atomic E-state index is 11.6. The van der Waals surface area contributed by atoms with Crippen molar-refractivity contribution in [2.24, 2.45) is 5.92 Å². The van der Waals surface area contributed by atoms with Crippen molar-refractivity contribution >= 4 is 12.1 Å². The Bertz CT molecular complexity index is 290. The third kappa shape index (κ3) is 2.74. The molecule has 5 nitrogen and oxygen atoms in total. The molecule has 0 aromatic carbocycles. The Morgan fingerprint density at radius 2 is 2.25 bits per heavy atom. The predicted molar refractivity (Wildman–Crippen MR) is 57.8 cm³/mol. The molecule has 1 aliphatic heterocycles. The molecule has 0 spiro atoms. The normalized spacial score (nSPS) is 24.0. The van der Waals surface area contributed by atoms with E-state index in [0.717, 1.165) is 0 Å². The average Bonchev–Trinajstić information content (AvgIpc) is 2.67. The number of methoxy groups -OCH3 is 1. The number of carbonyl (C=O) groups excluding carboxylic acids is 2. The molecule has 1 aliphatic rings. The number of esters is 1. The number of rotatable bonds is 3. The molecule has 0 aliphatic carbocycles. The van der Waals surface area contributed by atoms with E-state index in [-0.39, 0.29) is 18.5 Å². The van der Waals surface area contributed by atoms with E-state index in [2.05, 4.69) is 11.3 Å². The van der Waals surface area contributed by atoms with E-state index in [4.69, 9.17) is 4.74 Å². The fourth-order valence-corrected chi connectivity index (χ4v) is 1.82. The van der Waals surface area contributed by atoms with Crippen molar-refractivity contribution in [2.75, 3.05) is 20.3 Å². The van der Waals surface area contributed by atoms with Crippen LogP contribution in [0, 0.1) is 5.92 Å². The first-order valence-corrected chi connectivity index (χ1v) is 5.22. The summed E-state index contributed by atoms with van der Waals surface area (Å²) in [5.74, 6) is -0.111. The van der Waals surface area contributed by atoms with E-state index >= 15 is 0 Å². The van der Waals surface area contributed by atoms with Gasteiger partial charge in [0.25, 0.3) is 0 Å². The minimum absolute atomic E-state index is 0.150. The molecular weight excluding hydrogens is 210 g/mol. The van der Waals surface area contributed by atoms with E-state index in [9.17, 15) is 9.59 Å². The van der Waals surface area contributed by atoms with Crippen molar-refractivity contribution in [1.82, 2.24) is 4.90 Å². The average molecular weight is 227 g/mol. The zero-order chi connectivity index (χ0) is 12.1. The van der Waals surface area contributed by atoms with E-state index < -0.39 is 12.1 Å². The van der Waals surface area contributed by atoms with Crippen LogP contribution in [0.5, 0.6) is 0 Å². The molecule has 0 saturated carbocycles. The fourth-order valence-electron chi connectivity index (χ4n) is 1.82. The van der Waals surface area contributed by atoms with Crippen LogP contribution in [0.1, 0.15) is 13.3 Å². The second-order valence-corrected chi connectivity index (χ2v) is 3.90. The highest BCUT2D eigenvalue weighted by Crippen LogP contribution is 2.24. The van der Waals surface area contributed by atoms with Crippen molar-refractivity contribution in [1.29, 1.82) is 0 Å². The first kappa shape index (κ1) is 12.5. The number of carbonyl (C=O) groups is 2. The number of ether oxygens (including phenoxy) is 2. The van der Waals surface area contributed by atoms with Gasteiger partial charge in [0.15, 0.2) is 0 Å². The lowest BCUT2D eigenvalue weighted by Gasteiger charge is -2.21. The molecule has 0 unspecified atom stereocenters. The van der Waals surface area contributed by atoms with Gasteiger partial charge in [0, 0.05) is 6.54 Å². The molecule has 0 aromatic rings. The molecule has 5 heteroatoms. The summed E-state index contributed by atoms with van der Waals surface area (Å²) >= 11 is 0. The van der Waals surface area contributed by atoms with Crippen LogP contribution < -0.4 is 0 Å². The first-order chi connectivity index (χ1) is 7.60. The second-order valence-electron chi connectivity index (χ2n) is 3.90. The van der Waals surface area contributed by atoms with Crippen LogP contribution in [-0.2, 0) is 14.3 Å². The lowest BCUT2D eigenvalue weighted by molar-refractivity contribution is -0.145. The van der Waals surface area contributed by atoms with Gasteiger partial charge in [-0.1, -0.05) is 19.6 Å². The van der Waals surface area contributed by atoms with Gasteiger partial charge < -0.3 is 9.47 Å². The summed E-state index contributed by atoms with van der Waals surface area (Å²) in [4.78, 5) is 24.5. The van der Waals surface area contributed by atoms with Crippen LogP contribution in [0.25, 0.3) is 0 Å². The number of hydrogen-bond donors (Lipinski definition) is 0. The van der Waals surface area contributed by atoms with Crippen molar-refractivity contribution in [3.05, 3.63) is 12.7 Å². The lowest BCUT2D eigenvalue weighted by Crippen LogP contribution is -2.41. The van der Waals surface area contributed by atoms with Crippen LogP contribution in [-0.4, -0.2) is 43.3 Å². The maximum Gasteiger partial charge on any atom is 0.410 e. The standard InChI is InChI=1S/C11H17NO4/c1-4-5-16-11(14)12-7-8(2)6-9(12)10(13)15-3/h4,8-9H,1,5-7H2,2-3H3/t8-,9+/m1/s1. The summed E-state index contributed by atoms with van der Waals surface area (Å²) < 4.78 is 9.57. The Morgan fingerprint density at radius 3 is 2.81 bits per heavy atom. The smallest absolute Gasteiger partial charge is 0.410 e. The molecule has 2 atom stereocenters. The minimum atomic E-state index is -0.516. The van der Waals surface area contributed by atoms with Gasteiger partial charge in [-0.15, -0.1) is 0 Å². The molecule has 1 rings (SSSR count). The molecule has 0 radical (unpaired) electrons. The van der Waals surface area contributed by atoms with Gasteiger partial charge in [-0.05, 0) is 12.3 Å². The largest absolute Gasteiger partial charge is 0.467 e. The topological polar surface area (TPSA) is 55.8 Å². The van der Waals surface area contributed by atoms with Crippen molar-refractivity contribution in [3.63, 3.8) is 0 Å². The quantitative estimate of drug-likeness (QED) is 0.537. The number of likely N-dealkylation sites (tertiary alicyclic amines) is 1. The second kappa shape index (κ2) is 5.53. The van der Waals surface area contributed by atoms with E-state index in [1.54, 1.807) is 0 Å². The van der Waals surface area contributed by atoms with Gasteiger partial charge >= 0.3 is 12.1 Å². The zero-order valence-corrected chi connectivity index (χ0v) is 9.64. The zero-order valence-electron chi connectivity index (χ0n) is 9.64. The third-order valence-electron chi connectivity index (χ3n) is 2.54. The van der Waals surface area contributed by atoms with Crippen LogP contribution in [0.4, 0.5) is 4.79 Å². The highest BCUT2D eigenvalue weighted by atomic mass is 16.6. The van der Waals surface area contributed by atoms with Crippen molar-refractivity contribution in [2.45, 2.75) is 19.4 Å². The van der Waals surface area contributed by atoms with Crippen LogP contribution in [0.2, 0.25) is 0 Å². The summed E-state index contributed by atoms with van der Waals surface area (Å²) in [6, 6.07) is -0.516. The third-order valence-corrected chi connectivity index (χ3v) is 2.54. The Morgan fingerprint density at radius 1 is 1.56 bits per heavy atom. The van der Waals surface area contributed by atoms with Crippen molar-refractivity contribution in [3.8, 4) is 0 Å². The number of amides is 1. The Kier molecular flexibility index (Phi) is 4.34. The lowest BCUT2D eigenvalue weighted by atomic mass is 10.1. The van der Waals surface area contributed by atoms with Crippen LogP contribution >= 0.6 is 0 Å². The van der Waals surface area contributed by atoms with Crippen LogP contribution in [0.15, 0.2) is 12.7 Å². The maximum atomic E-state index is 11.6. The van der Waals surface area contributed by atoms with E-state index in [1.165, 1.54) is 18.1 Å². The predicted octanol–water partition coefficient (Wildman–Crippen LogP) is 1.19. The Balaban J connectivity index is 2.65. The Hall–Kier alpha value is -1.52. The van der Waals surface area contributed by atoms with Gasteiger partial charge in [-0.2, -0.15) is 0 Å².